The van der Waals surface area contributed by atoms with Crippen molar-refractivity contribution in [3.63, 3.8) is 0 Å². The van der Waals surface area contributed by atoms with E-state index in [-0.39, 0.29) is 17.7 Å². The first-order chi connectivity index (χ1) is 14.0. The van der Waals surface area contributed by atoms with Crippen LogP contribution in [-0.4, -0.2) is 57.1 Å². The van der Waals surface area contributed by atoms with E-state index in [0.717, 1.165) is 22.6 Å². The first-order valence-corrected chi connectivity index (χ1v) is 9.47. The number of carbonyl (C=O) groups is 3. The molecule has 29 heavy (non-hydrogen) atoms. The topological polar surface area (TPSA) is 95.5 Å². The summed E-state index contributed by atoms with van der Waals surface area (Å²) >= 11 is 0. The monoisotopic (exact) mass is 391 g/mol. The van der Waals surface area contributed by atoms with Gasteiger partial charge in [0.05, 0.1) is 17.6 Å². The maximum absolute atomic E-state index is 12.8. The van der Waals surface area contributed by atoms with Crippen LogP contribution in [0.4, 0.5) is 5.69 Å². The molecule has 0 fully saturated rings. The van der Waals surface area contributed by atoms with Gasteiger partial charge < -0.3 is 10.2 Å². The van der Waals surface area contributed by atoms with Crippen LogP contribution in [0.3, 0.4) is 0 Å². The van der Waals surface area contributed by atoms with Crippen molar-refractivity contribution in [1.82, 2.24) is 19.8 Å². The first kappa shape index (κ1) is 18.8. The molecular weight excluding hydrogens is 370 g/mol. The van der Waals surface area contributed by atoms with Crippen LogP contribution in [0.25, 0.3) is 11.3 Å². The van der Waals surface area contributed by atoms with Crippen LogP contribution in [0.15, 0.2) is 54.1 Å². The first-order valence-electron chi connectivity index (χ1n) is 9.47. The zero-order valence-corrected chi connectivity index (χ0v) is 16.3. The van der Waals surface area contributed by atoms with Crippen LogP contribution in [0.1, 0.15) is 19.8 Å². The number of likely N-dealkylation sites (N-methyl/N-ethyl adjacent to an activating group) is 1. The number of imide groups is 1. The molecule has 1 atom stereocenters. The maximum atomic E-state index is 12.8. The second-order valence-corrected chi connectivity index (χ2v) is 7.13. The van der Waals surface area contributed by atoms with E-state index in [4.69, 9.17) is 0 Å². The van der Waals surface area contributed by atoms with Gasteiger partial charge in [-0.2, -0.15) is 0 Å². The van der Waals surface area contributed by atoms with Crippen LogP contribution in [-0.2, 0) is 14.4 Å². The summed E-state index contributed by atoms with van der Waals surface area (Å²) in [6.07, 6.45) is 6.30. The predicted molar refractivity (Wildman–Crippen MR) is 106 cm³/mol. The Morgan fingerprint density at radius 1 is 1.17 bits per heavy atom. The summed E-state index contributed by atoms with van der Waals surface area (Å²) in [4.78, 5) is 48.8. The van der Waals surface area contributed by atoms with E-state index in [1.807, 2.05) is 18.2 Å². The minimum absolute atomic E-state index is 0.260. The molecule has 8 heteroatoms. The molecule has 4 rings (SSSR count). The van der Waals surface area contributed by atoms with E-state index in [1.54, 1.807) is 36.5 Å². The minimum Gasteiger partial charge on any atom is -0.355 e. The van der Waals surface area contributed by atoms with Gasteiger partial charge in [0.2, 0.25) is 5.91 Å². The van der Waals surface area contributed by atoms with Gasteiger partial charge in [0.1, 0.15) is 11.7 Å². The van der Waals surface area contributed by atoms with Crippen LogP contribution in [0.5, 0.6) is 0 Å². The van der Waals surface area contributed by atoms with Gasteiger partial charge in [-0.3, -0.25) is 29.3 Å². The summed E-state index contributed by atoms with van der Waals surface area (Å²) in [6.45, 7) is 2.29. The zero-order chi connectivity index (χ0) is 20.5. The van der Waals surface area contributed by atoms with Gasteiger partial charge in [-0.25, -0.2) is 0 Å². The Labute approximate surface area is 168 Å². The Hall–Kier alpha value is -3.55. The third-order valence-electron chi connectivity index (χ3n) is 5.30. The lowest BCUT2D eigenvalue weighted by molar-refractivity contribution is -0.136. The highest BCUT2D eigenvalue weighted by atomic mass is 16.2. The minimum atomic E-state index is -0.596. The number of anilines is 1. The average Bonchev–Trinajstić information content (AvgIpc) is 2.98. The summed E-state index contributed by atoms with van der Waals surface area (Å²) in [5.74, 6) is -0.867. The molecule has 0 spiro atoms. The van der Waals surface area contributed by atoms with Crippen molar-refractivity contribution < 1.29 is 14.4 Å². The largest absolute Gasteiger partial charge is 0.355 e. The van der Waals surface area contributed by atoms with Crippen molar-refractivity contribution in [1.29, 1.82) is 0 Å². The quantitative estimate of drug-likeness (QED) is 0.799. The van der Waals surface area contributed by atoms with Crippen molar-refractivity contribution >= 4 is 23.4 Å². The van der Waals surface area contributed by atoms with Crippen LogP contribution in [0, 0.1) is 0 Å². The van der Waals surface area contributed by atoms with Gasteiger partial charge in [-0.1, -0.05) is 0 Å². The predicted octanol–water partition coefficient (Wildman–Crippen LogP) is 1.82. The Morgan fingerprint density at radius 2 is 2.00 bits per heavy atom. The Bertz CT molecular complexity index is 1000. The van der Waals surface area contributed by atoms with E-state index >= 15 is 0 Å². The lowest BCUT2D eigenvalue weighted by Gasteiger charge is -2.33. The molecule has 0 bridgehead atoms. The fourth-order valence-electron chi connectivity index (χ4n) is 3.67. The summed E-state index contributed by atoms with van der Waals surface area (Å²) in [7, 11) is 1.47. The lowest BCUT2D eigenvalue weighted by atomic mass is 10.0. The molecule has 0 aromatic carbocycles. The lowest BCUT2D eigenvalue weighted by Crippen LogP contribution is -2.45. The summed E-state index contributed by atoms with van der Waals surface area (Å²) in [5, 5.41) is 2.84. The molecule has 2 aromatic heterocycles. The van der Waals surface area contributed by atoms with Gasteiger partial charge in [0.15, 0.2) is 0 Å². The number of nitrogens with zero attached hydrogens (tertiary/aromatic N) is 4. The van der Waals surface area contributed by atoms with E-state index in [1.165, 1.54) is 7.05 Å². The van der Waals surface area contributed by atoms with E-state index < -0.39 is 6.04 Å². The highest BCUT2D eigenvalue weighted by Gasteiger charge is 2.42. The van der Waals surface area contributed by atoms with Crippen molar-refractivity contribution in [2.24, 2.45) is 0 Å². The van der Waals surface area contributed by atoms with Crippen LogP contribution in [0.2, 0.25) is 0 Å². The number of aromatic nitrogens is 2. The fraction of sp³-hybridized carbons (Fsp3) is 0.286. The Morgan fingerprint density at radius 3 is 2.69 bits per heavy atom. The second-order valence-electron chi connectivity index (χ2n) is 7.13. The highest BCUT2D eigenvalue weighted by Crippen LogP contribution is 2.32. The number of amides is 3. The van der Waals surface area contributed by atoms with Crippen LogP contribution >= 0.6 is 0 Å². The molecule has 4 heterocycles. The number of carbonyl (C=O) groups excluding carboxylic acids is 3. The molecule has 0 aliphatic carbocycles. The number of rotatable bonds is 4. The molecule has 1 N–H and O–H groups in total. The van der Waals surface area contributed by atoms with Gasteiger partial charge in [-0.05, 0) is 44.0 Å². The molecule has 2 aliphatic rings. The maximum Gasteiger partial charge on any atom is 0.277 e. The summed E-state index contributed by atoms with van der Waals surface area (Å²) < 4.78 is 0. The zero-order valence-electron chi connectivity index (χ0n) is 16.3. The number of hydrogen-bond acceptors (Lipinski definition) is 6. The number of pyridine rings is 2. The van der Waals surface area contributed by atoms with E-state index in [0.29, 0.717) is 29.9 Å². The normalized spacial score (nSPS) is 17.4. The van der Waals surface area contributed by atoms with E-state index in [9.17, 15) is 14.4 Å². The summed E-state index contributed by atoms with van der Waals surface area (Å²) in [5.41, 5.74) is 3.07. The summed E-state index contributed by atoms with van der Waals surface area (Å²) in [6, 6.07) is 6.74. The molecule has 0 unspecified atom stereocenters. The van der Waals surface area contributed by atoms with Gasteiger partial charge in [0, 0.05) is 37.1 Å². The number of hydrogen-bond donors (Lipinski definition) is 1. The van der Waals surface area contributed by atoms with Crippen molar-refractivity contribution in [2.75, 3.05) is 18.9 Å². The molecule has 0 radical (unpaired) electrons. The molecule has 0 saturated heterocycles. The van der Waals surface area contributed by atoms with Crippen LogP contribution < -0.4 is 5.32 Å². The SMILES string of the molecule is C[C@@H](C(=O)Nc1ccc(-c2cccnc2)nc1)N1CCCC2=C1C(=O)N(C)C2=O. The molecule has 3 amide bonds. The third-order valence-corrected chi connectivity index (χ3v) is 5.30. The molecule has 8 nitrogen and oxygen atoms in total. The average molecular weight is 391 g/mol. The van der Waals surface area contributed by atoms with Gasteiger partial charge >= 0.3 is 0 Å². The van der Waals surface area contributed by atoms with Crippen molar-refractivity contribution in [2.45, 2.75) is 25.8 Å². The smallest absolute Gasteiger partial charge is 0.277 e. The molecule has 2 aromatic rings. The number of nitrogens with one attached hydrogen (secondary N) is 1. The third kappa shape index (κ3) is 3.37. The van der Waals surface area contributed by atoms with E-state index in [2.05, 4.69) is 15.3 Å². The fourth-order valence-corrected chi connectivity index (χ4v) is 3.67. The van der Waals surface area contributed by atoms with Crippen molar-refractivity contribution in [3.8, 4) is 11.3 Å². The Balaban J connectivity index is 1.49. The second kappa shape index (κ2) is 7.46. The highest BCUT2D eigenvalue weighted by molar-refractivity contribution is 6.19. The molecule has 2 aliphatic heterocycles. The van der Waals surface area contributed by atoms with Gasteiger partial charge in [0.25, 0.3) is 11.8 Å². The Kier molecular flexibility index (Phi) is 4.84. The van der Waals surface area contributed by atoms with Gasteiger partial charge in [-0.15, -0.1) is 0 Å². The molecular formula is C21H21N5O3. The molecule has 148 valence electrons. The van der Waals surface area contributed by atoms with Crippen molar-refractivity contribution in [3.05, 3.63) is 54.1 Å². The standard InChI is InChI=1S/C21H21N5O3/c1-13(26-10-4-6-16-18(26)21(29)25(2)20(16)28)19(27)24-15-7-8-17(23-12-15)14-5-3-9-22-11-14/h3,5,7-9,11-13H,4,6,10H2,1-2H3,(H,24,27)/t13-/m0/s1. The molecule has 0 saturated carbocycles.